The minimum absolute atomic E-state index is 0.0490. The molecule has 2 aromatic heterocycles. The van der Waals surface area contributed by atoms with Gasteiger partial charge in [-0.15, -0.1) is 0 Å². The smallest absolute Gasteiger partial charge is 0.347 e. The van der Waals surface area contributed by atoms with Crippen LogP contribution in [0, 0.1) is 0 Å². The summed E-state index contributed by atoms with van der Waals surface area (Å²) in [5.41, 5.74) is -0.0532. The van der Waals surface area contributed by atoms with Crippen LogP contribution in [0.2, 0.25) is 5.02 Å². The van der Waals surface area contributed by atoms with Gasteiger partial charge in [0.15, 0.2) is 5.56 Å². The zero-order chi connectivity index (χ0) is 17.1. The van der Waals surface area contributed by atoms with Crippen LogP contribution in [0.25, 0.3) is 10.9 Å². The van der Waals surface area contributed by atoms with E-state index in [1.807, 2.05) is 6.07 Å². The van der Waals surface area contributed by atoms with Gasteiger partial charge in [-0.1, -0.05) is 17.7 Å². The molecular weight excluding hydrogens is 332 g/mol. The molecule has 122 valence electrons. The first-order chi connectivity index (χ1) is 11.6. The van der Waals surface area contributed by atoms with Crippen LogP contribution in [0.15, 0.2) is 47.4 Å². The number of carbonyl (C=O) groups is 1. The van der Waals surface area contributed by atoms with E-state index < -0.39 is 22.8 Å². The molecule has 3 rings (SSSR count). The Morgan fingerprint density at radius 3 is 2.88 bits per heavy atom. The predicted octanol–water partition coefficient (Wildman–Crippen LogP) is 2.68. The maximum absolute atomic E-state index is 12.1. The summed E-state index contributed by atoms with van der Waals surface area (Å²) < 4.78 is 5.08. The topological polar surface area (TPSA) is 92.3 Å². The van der Waals surface area contributed by atoms with E-state index >= 15 is 0 Å². The van der Waals surface area contributed by atoms with Crippen molar-refractivity contribution >= 4 is 28.5 Å². The molecule has 0 radical (unpaired) electrons. The minimum atomic E-state index is -0.887. The summed E-state index contributed by atoms with van der Waals surface area (Å²) in [4.78, 5) is 30.8. The second-order valence-corrected chi connectivity index (χ2v) is 5.51. The lowest BCUT2D eigenvalue weighted by atomic mass is 10.1. The first-order valence-corrected chi connectivity index (χ1v) is 7.55. The number of aromatic amines is 1. The van der Waals surface area contributed by atoms with Gasteiger partial charge in [-0.3, -0.25) is 9.78 Å². The number of H-pyrrole nitrogens is 1. The van der Waals surface area contributed by atoms with Crippen LogP contribution < -0.4 is 5.56 Å². The van der Waals surface area contributed by atoms with E-state index in [1.54, 1.807) is 24.4 Å². The number of nitrogens with zero attached hydrogens (tertiary/aromatic N) is 1. The van der Waals surface area contributed by atoms with Crippen molar-refractivity contribution in [1.82, 2.24) is 9.97 Å². The standard InChI is InChI=1S/C17H13ClN2O4/c18-10-4-5-12-13(9-10)20-16(22)14(15(12)21)17(23)24-8-6-11-3-1-2-7-19-11/h1-5,7,9H,6,8H2,(H2,20,21,22). The van der Waals surface area contributed by atoms with Crippen molar-refractivity contribution in [3.63, 3.8) is 0 Å². The van der Waals surface area contributed by atoms with E-state index in [2.05, 4.69) is 9.97 Å². The molecule has 0 saturated carbocycles. The summed E-state index contributed by atoms with van der Waals surface area (Å²) in [5.74, 6) is -1.31. The van der Waals surface area contributed by atoms with Crippen LogP contribution in [0.1, 0.15) is 16.1 Å². The fourth-order valence-electron chi connectivity index (χ4n) is 2.31. The Morgan fingerprint density at radius 1 is 1.29 bits per heavy atom. The Balaban J connectivity index is 1.82. The lowest BCUT2D eigenvalue weighted by Crippen LogP contribution is -2.21. The molecule has 0 aliphatic carbocycles. The fourth-order valence-corrected chi connectivity index (χ4v) is 2.48. The average Bonchev–Trinajstić information content (AvgIpc) is 2.55. The molecule has 1 aromatic carbocycles. The monoisotopic (exact) mass is 344 g/mol. The van der Waals surface area contributed by atoms with Gasteiger partial charge in [0.1, 0.15) is 5.75 Å². The SMILES string of the molecule is O=C(OCCc1ccccn1)c1c(O)c2ccc(Cl)cc2[nH]c1=O. The number of aromatic hydroxyl groups is 1. The highest BCUT2D eigenvalue weighted by Gasteiger charge is 2.20. The summed E-state index contributed by atoms with van der Waals surface area (Å²) in [7, 11) is 0. The number of nitrogens with one attached hydrogen (secondary N) is 1. The van der Waals surface area contributed by atoms with Gasteiger partial charge in [0.2, 0.25) is 0 Å². The van der Waals surface area contributed by atoms with Crippen LogP contribution in [0.3, 0.4) is 0 Å². The van der Waals surface area contributed by atoms with Gasteiger partial charge >= 0.3 is 5.97 Å². The quantitative estimate of drug-likeness (QED) is 0.710. The number of esters is 1. The average molecular weight is 345 g/mol. The number of carbonyl (C=O) groups excluding carboxylic acids is 1. The van der Waals surface area contributed by atoms with Crippen molar-refractivity contribution in [2.24, 2.45) is 0 Å². The minimum Gasteiger partial charge on any atom is -0.506 e. The number of hydrogen-bond donors (Lipinski definition) is 2. The zero-order valence-electron chi connectivity index (χ0n) is 12.5. The molecule has 0 unspecified atom stereocenters. The molecule has 6 nitrogen and oxygen atoms in total. The van der Waals surface area contributed by atoms with Gasteiger partial charge < -0.3 is 14.8 Å². The maximum Gasteiger partial charge on any atom is 0.347 e. The van der Waals surface area contributed by atoms with Gasteiger partial charge in [-0.25, -0.2) is 4.79 Å². The van der Waals surface area contributed by atoms with Gasteiger partial charge in [0, 0.05) is 28.7 Å². The molecule has 2 N–H and O–H groups in total. The molecule has 0 aliphatic rings. The van der Waals surface area contributed by atoms with Crippen LogP contribution >= 0.6 is 11.6 Å². The van der Waals surface area contributed by atoms with Crippen LogP contribution in [-0.4, -0.2) is 27.7 Å². The maximum atomic E-state index is 12.1. The zero-order valence-corrected chi connectivity index (χ0v) is 13.2. The number of ether oxygens (including phenoxy) is 1. The van der Waals surface area contributed by atoms with E-state index in [0.717, 1.165) is 5.69 Å². The molecule has 7 heteroatoms. The van der Waals surface area contributed by atoms with Gasteiger partial charge in [0.25, 0.3) is 5.56 Å². The van der Waals surface area contributed by atoms with E-state index in [4.69, 9.17) is 16.3 Å². The molecule has 0 aliphatic heterocycles. The third-order valence-electron chi connectivity index (χ3n) is 3.47. The lowest BCUT2D eigenvalue weighted by molar-refractivity contribution is 0.0503. The molecule has 3 aromatic rings. The molecule has 0 bridgehead atoms. The Kier molecular flexibility index (Phi) is 4.48. The Morgan fingerprint density at radius 2 is 2.12 bits per heavy atom. The van der Waals surface area contributed by atoms with Crippen molar-refractivity contribution in [3.05, 3.63) is 69.2 Å². The lowest BCUT2D eigenvalue weighted by Gasteiger charge is -2.08. The first-order valence-electron chi connectivity index (χ1n) is 7.18. The number of rotatable bonds is 4. The number of pyridine rings is 2. The summed E-state index contributed by atoms with van der Waals surface area (Å²) >= 11 is 5.85. The first kappa shape index (κ1) is 16.0. The highest BCUT2D eigenvalue weighted by Crippen LogP contribution is 2.27. The number of fused-ring (bicyclic) bond motifs is 1. The summed E-state index contributed by atoms with van der Waals surface area (Å²) in [6.07, 6.45) is 2.05. The Bertz CT molecular complexity index is 954. The van der Waals surface area contributed by atoms with E-state index in [0.29, 0.717) is 22.3 Å². The molecule has 0 fully saturated rings. The molecule has 0 spiro atoms. The van der Waals surface area contributed by atoms with Crippen molar-refractivity contribution in [3.8, 4) is 5.75 Å². The van der Waals surface area contributed by atoms with E-state index in [-0.39, 0.29) is 6.61 Å². The number of aromatic nitrogens is 2. The highest BCUT2D eigenvalue weighted by molar-refractivity contribution is 6.31. The molecule has 0 amide bonds. The third-order valence-corrected chi connectivity index (χ3v) is 3.71. The summed E-state index contributed by atoms with van der Waals surface area (Å²) in [6, 6.07) is 9.99. The fraction of sp³-hybridized carbons (Fsp3) is 0.118. The predicted molar refractivity (Wildman–Crippen MR) is 89.5 cm³/mol. The molecule has 24 heavy (non-hydrogen) atoms. The Hall–Kier alpha value is -2.86. The number of halogens is 1. The third kappa shape index (κ3) is 3.23. The molecule has 2 heterocycles. The summed E-state index contributed by atoms with van der Waals surface area (Å²) in [6.45, 7) is 0.0490. The van der Waals surface area contributed by atoms with Crippen molar-refractivity contribution in [2.45, 2.75) is 6.42 Å². The van der Waals surface area contributed by atoms with Crippen LogP contribution in [-0.2, 0) is 11.2 Å². The van der Waals surface area contributed by atoms with Crippen molar-refractivity contribution < 1.29 is 14.6 Å². The second-order valence-electron chi connectivity index (χ2n) is 5.07. The van der Waals surface area contributed by atoms with Crippen molar-refractivity contribution in [1.29, 1.82) is 0 Å². The van der Waals surface area contributed by atoms with Gasteiger partial charge in [-0.2, -0.15) is 0 Å². The highest BCUT2D eigenvalue weighted by atomic mass is 35.5. The normalized spacial score (nSPS) is 10.7. The van der Waals surface area contributed by atoms with Crippen LogP contribution in [0.5, 0.6) is 5.75 Å². The molecular formula is C17H13ClN2O4. The van der Waals surface area contributed by atoms with Gasteiger partial charge in [-0.05, 0) is 30.3 Å². The van der Waals surface area contributed by atoms with Crippen molar-refractivity contribution in [2.75, 3.05) is 6.61 Å². The number of benzene rings is 1. The Labute approximate surface area is 141 Å². The van der Waals surface area contributed by atoms with E-state index in [1.165, 1.54) is 12.1 Å². The second kappa shape index (κ2) is 6.72. The molecule has 0 saturated heterocycles. The largest absolute Gasteiger partial charge is 0.506 e. The van der Waals surface area contributed by atoms with Crippen LogP contribution in [0.4, 0.5) is 0 Å². The molecule has 0 atom stereocenters. The van der Waals surface area contributed by atoms with E-state index in [9.17, 15) is 14.7 Å². The van der Waals surface area contributed by atoms with Gasteiger partial charge in [0.05, 0.1) is 12.1 Å². The number of hydrogen-bond acceptors (Lipinski definition) is 5. The summed E-state index contributed by atoms with van der Waals surface area (Å²) in [5, 5.41) is 11.0.